The van der Waals surface area contributed by atoms with Gasteiger partial charge in [-0.15, -0.1) is 0 Å². The van der Waals surface area contributed by atoms with Crippen molar-refractivity contribution in [2.45, 2.75) is 13.0 Å². The highest BCUT2D eigenvalue weighted by atomic mass is 32.1. The number of fused-ring (bicyclic) bond motifs is 1. The van der Waals surface area contributed by atoms with Crippen molar-refractivity contribution in [2.24, 2.45) is 5.73 Å². The summed E-state index contributed by atoms with van der Waals surface area (Å²) < 4.78 is 0. The lowest BCUT2D eigenvalue weighted by Gasteiger charge is -2.35. The van der Waals surface area contributed by atoms with Crippen LogP contribution in [0.4, 0.5) is 11.4 Å². The van der Waals surface area contributed by atoms with E-state index in [0.29, 0.717) is 4.99 Å². The van der Waals surface area contributed by atoms with Crippen LogP contribution in [0.2, 0.25) is 0 Å². The van der Waals surface area contributed by atoms with Crippen molar-refractivity contribution in [1.82, 2.24) is 0 Å². The van der Waals surface area contributed by atoms with E-state index in [0.717, 1.165) is 11.4 Å². The van der Waals surface area contributed by atoms with Crippen LogP contribution in [0.5, 0.6) is 0 Å². The summed E-state index contributed by atoms with van der Waals surface area (Å²) in [6.07, 6.45) is 0. The molecule has 0 saturated heterocycles. The molecule has 1 aromatic rings. The van der Waals surface area contributed by atoms with Gasteiger partial charge < -0.3 is 16.0 Å². The fraction of sp³-hybridized carbons (Fsp3) is 0.273. The minimum atomic E-state index is -0.123. The van der Waals surface area contributed by atoms with Gasteiger partial charge in [-0.1, -0.05) is 24.4 Å². The van der Waals surface area contributed by atoms with E-state index in [2.05, 4.69) is 5.32 Å². The Labute approximate surface area is 99.4 Å². The third-order valence-corrected chi connectivity index (χ3v) is 3.02. The maximum atomic E-state index is 11.5. The number of carbonyl (C=O) groups is 1. The van der Waals surface area contributed by atoms with Gasteiger partial charge in [0, 0.05) is 0 Å². The number of hydrogen-bond donors (Lipinski definition) is 2. The SMILES string of the molecule is CC(C(N)=S)N1CC(=O)Nc2ccccc21. The molecule has 0 radical (unpaired) electrons. The zero-order valence-corrected chi connectivity index (χ0v) is 9.75. The molecule has 0 saturated carbocycles. The van der Waals surface area contributed by atoms with Gasteiger partial charge in [-0.05, 0) is 19.1 Å². The van der Waals surface area contributed by atoms with Gasteiger partial charge in [0.15, 0.2) is 0 Å². The van der Waals surface area contributed by atoms with Gasteiger partial charge in [0.2, 0.25) is 5.91 Å². The Balaban J connectivity index is 2.41. The zero-order chi connectivity index (χ0) is 11.7. The first-order valence-electron chi connectivity index (χ1n) is 5.04. The summed E-state index contributed by atoms with van der Waals surface area (Å²) in [7, 11) is 0. The molecule has 1 aromatic carbocycles. The van der Waals surface area contributed by atoms with Crippen LogP contribution in [0.1, 0.15) is 6.92 Å². The Hall–Kier alpha value is -1.62. The molecule has 5 heteroatoms. The number of rotatable bonds is 2. The maximum Gasteiger partial charge on any atom is 0.243 e. The first-order chi connectivity index (χ1) is 7.59. The topological polar surface area (TPSA) is 58.4 Å². The van der Waals surface area contributed by atoms with Crippen molar-refractivity contribution < 1.29 is 4.79 Å². The number of anilines is 2. The number of nitrogens with one attached hydrogen (secondary N) is 1. The number of nitrogens with two attached hydrogens (primary N) is 1. The van der Waals surface area contributed by atoms with E-state index in [4.69, 9.17) is 18.0 Å². The highest BCUT2D eigenvalue weighted by molar-refractivity contribution is 7.80. The predicted octanol–water partition coefficient (Wildman–Crippen LogP) is 1.12. The lowest BCUT2D eigenvalue weighted by Crippen LogP contribution is -2.48. The third kappa shape index (κ3) is 1.86. The second-order valence-electron chi connectivity index (χ2n) is 3.77. The van der Waals surface area contributed by atoms with Gasteiger partial charge in [0.25, 0.3) is 0 Å². The summed E-state index contributed by atoms with van der Waals surface area (Å²) in [5.41, 5.74) is 7.40. The predicted molar refractivity (Wildman–Crippen MR) is 68.7 cm³/mol. The first kappa shape index (κ1) is 10.9. The number of hydrogen-bond acceptors (Lipinski definition) is 3. The van der Waals surface area contributed by atoms with Crippen molar-refractivity contribution in [3.05, 3.63) is 24.3 Å². The molecule has 0 bridgehead atoms. The quantitative estimate of drug-likeness (QED) is 0.754. The van der Waals surface area contributed by atoms with Gasteiger partial charge >= 0.3 is 0 Å². The maximum absolute atomic E-state index is 11.5. The second kappa shape index (κ2) is 4.09. The van der Waals surface area contributed by atoms with E-state index in [1.54, 1.807) is 0 Å². The fourth-order valence-corrected chi connectivity index (χ4v) is 1.89. The van der Waals surface area contributed by atoms with Gasteiger partial charge in [0.05, 0.1) is 28.9 Å². The van der Waals surface area contributed by atoms with Gasteiger partial charge in [-0.25, -0.2) is 0 Å². The van der Waals surface area contributed by atoms with Crippen molar-refractivity contribution in [2.75, 3.05) is 16.8 Å². The van der Waals surface area contributed by atoms with Crippen LogP contribution in [0, 0.1) is 0 Å². The van der Waals surface area contributed by atoms with Crippen LogP contribution in [0.25, 0.3) is 0 Å². The van der Waals surface area contributed by atoms with E-state index in [-0.39, 0.29) is 18.5 Å². The number of thiocarbonyl (C=S) groups is 1. The Morgan fingerprint density at radius 2 is 2.25 bits per heavy atom. The fourth-order valence-electron chi connectivity index (χ4n) is 1.76. The largest absolute Gasteiger partial charge is 0.392 e. The van der Waals surface area contributed by atoms with Gasteiger partial charge in [-0.2, -0.15) is 0 Å². The Bertz CT molecular complexity index is 447. The summed E-state index contributed by atoms with van der Waals surface area (Å²) in [4.78, 5) is 13.8. The molecule has 84 valence electrons. The second-order valence-corrected chi connectivity index (χ2v) is 4.24. The van der Waals surface area contributed by atoms with Crippen LogP contribution in [-0.4, -0.2) is 23.5 Å². The van der Waals surface area contributed by atoms with E-state index in [1.807, 2.05) is 36.1 Å². The minimum Gasteiger partial charge on any atom is -0.392 e. The average Bonchev–Trinajstić information content (AvgIpc) is 2.26. The molecule has 1 aliphatic rings. The molecule has 1 amide bonds. The van der Waals surface area contributed by atoms with Crippen LogP contribution in [0.3, 0.4) is 0 Å². The summed E-state index contributed by atoms with van der Waals surface area (Å²) in [6.45, 7) is 2.19. The summed E-state index contributed by atoms with van der Waals surface area (Å²) >= 11 is 4.97. The summed E-state index contributed by atoms with van der Waals surface area (Å²) in [5.74, 6) is -0.0400. The Kier molecular flexibility index (Phi) is 2.78. The molecule has 2 rings (SSSR count). The van der Waals surface area contributed by atoms with E-state index in [9.17, 15) is 4.79 Å². The van der Waals surface area contributed by atoms with Gasteiger partial charge in [-0.3, -0.25) is 4.79 Å². The van der Waals surface area contributed by atoms with Crippen LogP contribution in [0.15, 0.2) is 24.3 Å². The molecule has 1 heterocycles. The third-order valence-electron chi connectivity index (χ3n) is 2.68. The highest BCUT2D eigenvalue weighted by Crippen LogP contribution is 2.30. The molecule has 0 aromatic heterocycles. The van der Waals surface area contributed by atoms with Crippen LogP contribution >= 0.6 is 12.2 Å². The van der Waals surface area contributed by atoms with Crippen molar-refractivity contribution >= 4 is 34.5 Å². The van der Waals surface area contributed by atoms with Crippen molar-refractivity contribution in [1.29, 1.82) is 0 Å². The molecule has 16 heavy (non-hydrogen) atoms. The van der Waals surface area contributed by atoms with Crippen LogP contribution < -0.4 is 16.0 Å². The Morgan fingerprint density at radius 3 is 2.94 bits per heavy atom. The number of para-hydroxylation sites is 2. The Morgan fingerprint density at radius 1 is 1.56 bits per heavy atom. The van der Waals surface area contributed by atoms with Crippen molar-refractivity contribution in [3.63, 3.8) is 0 Å². The number of benzene rings is 1. The van der Waals surface area contributed by atoms with E-state index < -0.39 is 0 Å². The van der Waals surface area contributed by atoms with Crippen molar-refractivity contribution in [3.8, 4) is 0 Å². The smallest absolute Gasteiger partial charge is 0.243 e. The molecule has 1 unspecified atom stereocenters. The molecule has 0 fully saturated rings. The molecule has 1 aliphatic heterocycles. The highest BCUT2D eigenvalue weighted by Gasteiger charge is 2.26. The van der Waals surface area contributed by atoms with E-state index in [1.165, 1.54) is 0 Å². The molecule has 3 N–H and O–H groups in total. The lowest BCUT2D eigenvalue weighted by atomic mass is 10.1. The molecular weight excluding hydrogens is 222 g/mol. The lowest BCUT2D eigenvalue weighted by molar-refractivity contribution is -0.115. The van der Waals surface area contributed by atoms with Crippen LogP contribution in [-0.2, 0) is 4.79 Å². The number of amides is 1. The summed E-state index contributed by atoms with van der Waals surface area (Å²) in [6, 6.07) is 7.50. The molecule has 1 atom stereocenters. The minimum absolute atomic E-state index is 0.0400. The number of carbonyl (C=O) groups excluding carboxylic acids is 1. The first-order valence-corrected chi connectivity index (χ1v) is 5.45. The molecular formula is C11H13N3OS. The number of nitrogens with zero attached hydrogens (tertiary/aromatic N) is 1. The normalized spacial score (nSPS) is 16.3. The average molecular weight is 235 g/mol. The zero-order valence-electron chi connectivity index (χ0n) is 8.93. The van der Waals surface area contributed by atoms with E-state index >= 15 is 0 Å². The standard InChI is InChI=1S/C11H13N3OS/c1-7(11(12)16)14-6-10(15)13-8-4-2-3-5-9(8)14/h2-5,7H,6H2,1H3,(H2,12,16)(H,13,15). The molecule has 4 nitrogen and oxygen atoms in total. The monoisotopic (exact) mass is 235 g/mol. The summed E-state index contributed by atoms with van der Waals surface area (Å²) in [5, 5.41) is 2.82. The van der Waals surface area contributed by atoms with Gasteiger partial charge in [0.1, 0.15) is 0 Å². The molecule has 0 aliphatic carbocycles. The molecule has 0 spiro atoms.